The predicted octanol–water partition coefficient (Wildman–Crippen LogP) is 2.25. The van der Waals surface area contributed by atoms with E-state index in [1.54, 1.807) is 6.33 Å². The standard InChI is InChI=1S/C8H10ClN3/c1-4-10-7(3)12-5-11-8(9)6(12)2/h4-5H,1H2,2-3H3/b10-7+. The molecule has 0 fully saturated rings. The summed E-state index contributed by atoms with van der Waals surface area (Å²) in [5.41, 5.74) is 0.889. The number of imidazole rings is 1. The highest BCUT2D eigenvalue weighted by Crippen LogP contribution is 2.11. The number of hydrogen-bond donors (Lipinski definition) is 0. The average Bonchev–Trinajstić information content (AvgIpc) is 2.34. The Morgan fingerprint density at radius 1 is 1.83 bits per heavy atom. The van der Waals surface area contributed by atoms with E-state index < -0.39 is 0 Å². The molecule has 64 valence electrons. The second kappa shape index (κ2) is 3.54. The van der Waals surface area contributed by atoms with Crippen molar-refractivity contribution in [2.75, 3.05) is 0 Å². The third-order valence-electron chi connectivity index (χ3n) is 1.57. The van der Waals surface area contributed by atoms with Crippen LogP contribution in [0.25, 0.3) is 0 Å². The number of hydrogen-bond acceptors (Lipinski definition) is 2. The minimum atomic E-state index is 0.508. The van der Waals surface area contributed by atoms with Gasteiger partial charge in [-0.05, 0) is 13.8 Å². The van der Waals surface area contributed by atoms with Gasteiger partial charge in [-0.1, -0.05) is 18.2 Å². The second-order valence-corrected chi connectivity index (χ2v) is 2.71. The molecule has 12 heavy (non-hydrogen) atoms. The summed E-state index contributed by atoms with van der Waals surface area (Å²) in [5, 5.41) is 0.508. The Morgan fingerprint density at radius 2 is 2.50 bits per heavy atom. The molecule has 1 rings (SSSR count). The highest BCUT2D eigenvalue weighted by atomic mass is 35.5. The molecule has 0 aliphatic heterocycles. The lowest BCUT2D eigenvalue weighted by atomic mass is 10.5. The molecule has 1 heterocycles. The van der Waals surface area contributed by atoms with Gasteiger partial charge < -0.3 is 0 Å². The van der Waals surface area contributed by atoms with Gasteiger partial charge in [-0.15, -0.1) is 0 Å². The zero-order valence-corrected chi connectivity index (χ0v) is 7.84. The molecule has 0 radical (unpaired) electrons. The van der Waals surface area contributed by atoms with E-state index in [-0.39, 0.29) is 0 Å². The molecule has 4 heteroatoms. The lowest BCUT2D eigenvalue weighted by Crippen LogP contribution is -2.06. The Bertz CT molecular complexity index is 325. The van der Waals surface area contributed by atoms with Crippen LogP contribution in [0.5, 0.6) is 0 Å². The van der Waals surface area contributed by atoms with E-state index >= 15 is 0 Å². The van der Waals surface area contributed by atoms with Gasteiger partial charge in [0.05, 0.1) is 5.69 Å². The zero-order valence-electron chi connectivity index (χ0n) is 7.08. The van der Waals surface area contributed by atoms with Gasteiger partial charge in [0, 0.05) is 6.20 Å². The summed E-state index contributed by atoms with van der Waals surface area (Å²) in [7, 11) is 0. The van der Waals surface area contributed by atoms with Gasteiger partial charge in [0.2, 0.25) is 0 Å². The molecule has 0 atom stereocenters. The molecule has 0 aliphatic carbocycles. The first-order chi connectivity index (χ1) is 5.66. The quantitative estimate of drug-likeness (QED) is 0.485. The van der Waals surface area contributed by atoms with Crippen molar-refractivity contribution in [3.63, 3.8) is 0 Å². The summed E-state index contributed by atoms with van der Waals surface area (Å²) in [6.07, 6.45) is 3.13. The molecular formula is C8H10ClN3. The normalized spacial score (nSPS) is 11.8. The summed E-state index contributed by atoms with van der Waals surface area (Å²) >= 11 is 5.76. The van der Waals surface area contributed by atoms with E-state index in [4.69, 9.17) is 11.6 Å². The summed E-state index contributed by atoms with van der Waals surface area (Å²) in [5.74, 6) is 0.807. The fraction of sp³-hybridized carbons (Fsp3) is 0.250. The minimum absolute atomic E-state index is 0.508. The van der Waals surface area contributed by atoms with Crippen molar-refractivity contribution in [2.24, 2.45) is 4.99 Å². The van der Waals surface area contributed by atoms with Gasteiger partial charge in [-0.2, -0.15) is 0 Å². The zero-order chi connectivity index (χ0) is 9.14. The lowest BCUT2D eigenvalue weighted by molar-refractivity contribution is 1.06. The number of aromatic nitrogens is 2. The molecule has 0 unspecified atom stereocenters. The maximum Gasteiger partial charge on any atom is 0.150 e. The number of halogens is 1. The Balaban J connectivity index is 3.11. The molecule has 0 N–H and O–H groups in total. The summed E-state index contributed by atoms with van der Waals surface area (Å²) in [4.78, 5) is 7.95. The Kier molecular flexibility index (Phi) is 2.65. The van der Waals surface area contributed by atoms with Crippen LogP contribution in [-0.2, 0) is 0 Å². The van der Waals surface area contributed by atoms with E-state index in [1.165, 1.54) is 6.20 Å². The van der Waals surface area contributed by atoms with Crippen molar-refractivity contribution in [3.8, 4) is 0 Å². The van der Waals surface area contributed by atoms with Crippen molar-refractivity contribution in [1.29, 1.82) is 0 Å². The molecule has 0 aliphatic rings. The molecule has 0 aromatic carbocycles. The van der Waals surface area contributed by atoms with Crippen LogP contribution in [0.1, 0.15) is 12.6 Å². The largest absolute Gasteiger partial charge is 0.290 e. The number of nitrogens with zero attached hydrogens (tertiary/aromatic N) is 3. The van der Waals surface area contributed by atoms with Crippen LogP contribution >= 0.6 is 11.6 Å². The number of aliphatic imine (C=N–C) groups is 1. The van der Waals surface area contributed by atoms with Gasteiger partial charge in [0.25, 0.3) is 0 Å². The van der Waals surface area contributed by atoms with Gasteiger partial charge in [-0.3, -0.25) is 4.57 Å². The van der Waals surface area contributed by atoms with Crippen molar-refractivity contribution in [3.05, 3.63) is 30.0 Å². The average molecular weight is 184 g/mol. The third kappa shape index (κ3) is 1.56. The summed E-state index contributed by atoms with van der Waals surface area (Å²) < 4.78 is 1.81. The fourth-order valence-electron chi connectivity index (χ4n) is 0.908. The van der Waals surface area contributed by atoms with Crippen molar-refractivity contribution in [1.82, 2.24) is 9.55 Å². The van der Waals surface area contributed by atoms with Crippen LogP contribution in [0.15, 0.2) is 24.1 Å². The minimum Gasteiger partial charge on any atom is -0.290 e. The topological polar surface area (TPSA) is 30.2 Å². The molecule has 1 aromatic rings. The first kappa shape index (κ1) is 9.00. The third-order valence-corrected chi connectivity index (χ3v) is 1.94. The first-order valence-electron chi connectivity index (χ1n) is 3.52. The van der Waals surface area contributed by atoms with Crippen LogP contribution in [-0.4, -0.2) is 15.4 Å². The summed E-state index contributed by atoms with van der Waals surface area (Å²) in [6.45, 7) is 7.26. The van der Waals surface area contributed by atoms with E-state index in [9.17, 15) is 0 Å². The fourth-order valence-corrected chi connectivity index (χ4v) is 1.04. The SMILES string of the molecule is C=C/N=C(\C)n1cnc(Cl)c1C. The molecular weight excluding hydrogens is 174 g/mol. The van der Waals surface area contributed by atoms with Crippen molar-refractivity contribution < 1.29 is 0 Å². The van der Waals surface area contributed by atoms with Crippen molar-refractivity contribution >= 4 is 17.4 Å². The van der Waals surface area contributed by atoms with E-state index in [0.29, 0.717) is 5.15 Å². The van der Waals surface area contributed by atoms with Crippen LogP contribution in [0, 0.1) is 6.92 Å². The molecule has 0 bridgehead atoms. The Hall–Kier alpha value is -1.09. The molecule has 0 spiro atoms. The highest BCUT2D eigenvalue weighted by molar-refractivity contribution is 6.30. The smallest absolute Gasteiger partial charge is 0.150 e. The van der Waals surface area contributed by atoms with Gasteiger partial charge in [0.15, 0.2) is 0 Å². The Morgan fingerprint density at radius 3 is 2.92 bits per heavy atom. The molecule has 0 amide bonds. The molecule has 1 aromatic heterocycles. The summed E-state index contributed by atoms with van der Waals surface area (Å²) in [6, 6.07) is 0. The van der Waals surface area contributed by atoms with E-state index in [0.717, 1.165) is 11.5 Å². The monoisotopic (exact) mass is 183 g/mol. The Labute approximate surface area is 76.4 Å². The van der Waals surface area contributed by atoms with Crippen LogP contribution in [0.3, 0.4) is 0 Å². The second-order valence-electron chi connectivity index (χ2n) is 2.35. The maximum absolute atomic E-state index is 5.76. The highest BCUT2D eigenvalue weighted by Gasteiger charge is 2.04. The van der Waals surface area contributed by atoms with Gasteiger partial charge in [-0.25, -0.2) is 9.98 Å². The maximum atomic E-state index is 5.76. The first-order valence-corrected chi connectivity index (χ1v) is 3.89. The predicted molar refractivity (Wildman–Crippen MR) is 50.7 cm³/mol. The van der Waals surface area contributed by atoms with Gasteiger partial charge in [0.1, 0.15) is 17.3 Å². The van der Waals surface area contributed by atoms with E-state index in [1.807, 2.05) is 18.4 Å². The van der Waals surface area contributed by atoms with E-state index in [2.05, 4.69) is 16.6 Å². The van der Waals surface area contributed by atoms with Crippen molar-refractivity contribution in [2.45, 2.75) is 13.8 Å². The van der Waals surface area contributed by atoms with Gasteiger partial charge >= 0.3 is 0 Å². The lowest BCUT2D eigenvalue weighted by Gasteiger charge is -2.01. The number of rotatable bonds is 1. The van der Waals surface area contributed by atoms with Crippen LogP contribution < -0.4 is 0 Å². The molecule has 3 nitrogen and oxygen atoms in total. The molecule has 0 saturated heterocycles. The van der Waals surface area contributed by atoms with Crippen LogP contribution in [0.2, 0.25) is 5.15 Å². The van der Waals surface area contributed by atoms with Crippen LogP contribution in [0.4, 0.5) is 0 Å². The molecule has 0 saturated carbocycles.